The van der Waals surface area contributed by atoms with E-state index >= 15 is 0 Å². The van der Waals surface area contributed by atoms with Crippen molar-refractivity contribution in [1.82, 2.24) is 24.5 Å². The lowest BCUT2D eigenvalue weighted by atomic mass is 9.94. The van der Waals surface area contributed by atoms with Crippen molar-refractivity contribution in [3.8, 4) is 11.5 Å². The largest absolute Gasteiger partial charge is 0.410 e. The van der Waals surface area contributed by atoms with Crippen molar-refractivity contribution in [3.05, 3.63) is 46.2 Å². The van der Waals surface area contributed by atoms with Gasteiger partial charge in [-0.15, -0.1) is 0 Å². The van der Waals surface area contributed by atoms with Crippen LogP contribution in [0.3, 0.4) is 0 Å². The van der Waals surface area contributed by atoms with E-state index in [1.54, 1.807) is 10.6 Å². The molecule has 2 N–H and O–H groups in total. The van der Waals surface area contributed by atoms with Crippen molar-refractivity contribution in [2.75, 3.05) is 11.9 Å². The molecular formula is C23H27F3N6OS. The molecule has 2 aliphatic heterocycles. The first kappa shape index (κ1) is 23.1. The quantitative estimate of drug-likeness (QED) is 0.443. The number of hydrogen-bond donors (Lipinski definition) is 2. The fourth-order valence-electron chi connectivity index (χ4n) is 4.69. The Morgan fingerprint density at radius 1 is 1.24 bits per heavy atom. The molecule has 1 aromatic carbocycles. The third-order valence-corrected chi connectivity index (χ3v) is 6.90. The number of ether oxygens (including phenoxy) is 1. The second kappa shape index (κ2) is 8.84. The van der Waals surface area contributed by atoms with E-state index < -0.39 is 18.3 Å². The van der Waals surface area contributed by atoms with Gasteiger partial charge in [0.2, 0.25) is 0 Å². The van der Waals surface area contributed by atoms with E-state index in [2.05, 4.69) is 34.5 Å². The van der Waals surface area contributed by atoms with Crippen molar-refractivity contribution in [3.63, 3.8) is 0 Å². The van der Waals surface area contributed by atoms with Gasteiger partial charge in [0.15, 0.2) is 16.6 Å². The Morgan fingerprint density at radius 3 is 2.65 bits per heavy atom. The maximum absolute atomic E-state index is 14.1. The van der Waals surface area contributed by atoms with Gasteiger partial charge in [0.05, 0.1) is 18.7 Å². The van der Waals surface area contributed by atoms with Crippen molar-refractivity contribution in [1.29, 1.82) is 0 Å². The first-order valence-corrected chi connectivity index (χ1v) is 11.9. The standard InChI is InChI=1S/C23H27F3N6OS/c1-13(2)14-5-7-15(8-6-14)17-10-19(23(24,25)26)32-20(27-17)11-18(30-32)21-28-29-22(34)31(21)12-16-4-3-9-33-16/h5-8,11,13,16-17,19,27H,3-4,9-10,12H2,1-2H3,(H,29,34)/t16-,17-,19+/m0/s1. The van der Waals surface area contributed by atoms with E-state index in [1.165, 1.54) is 0 Å². The van der Waals surface area contributed by atoms with Gasteiger partial charge in [0.25, 0.3) is 0 Å². The predicted molar refractivity (Wildman–Crippen MR) is 124 cm³/mol. The van der Waals surface area contributed by atoms with Crippen LogP contribution in [0.5, 0.6) is 0 Å². The fraction of sp³-hybridized carbons (Fsp3) is 0.522. The minimum atomic E-state index is -4.45. The van der Waals surface area contributed by atoms with Gasteiger partial charge in [0.1, 0.15) is 11.5 Å². The van der Waals surface area contributed by atoms with Crippen LogP contribution in [0, 0.1) is 4.77 Å². The Hall–Kier alpha value is -2.66. The van der Waals surface area contributed by atoms with Crippen LogP contribution in [0.1, 0.15) is 62.2 Å². The van der Waals surface area contributed by atoms with Crippen LogP contribution in [0.2, 0.25) is 0 Å². The summed E-state index contributed by atoms with van der Waals surface area (Å²) in [6.07, 6.45) is -2.72. The van der Waals surface area contributed by atoms with Gasteiger partial charge >= 0.3 is 6.18 Å². The fourth-order valence-corrected chi connectivity index (χ4v) is 4.90. The van der Waals surface area contributed by atoms with Crippen LogP contribution in [-0.2, 0) is 11.3 Å². The molecule has 0 aliphatic carbocycles. The molecule has 11 heteroatoms. The molecule has 0 unspecified atom stereocenters. The zero-order valence-electron chi connectivity index (χ0n) is 19.0. The van der Waals surface area contributed by atoms with E-state index in [4.69, 9.17) is 17.0 Å². The average molecular weight is 493 g/mol. The van der Waals surface area contributed by atoms with Crippen LogP contribution >= 0.6 is 12.2 Å². The number of nitrogens with one attached hydrogen (secondary N) is 2. The Bertz CT molecular complexity index is 1210. The number of hydrogen-bond acceptors (Lipinski definition) is 5. The van der Waals surface area contributed by atoms with Gasteiger partial charge in [-0.1, -0.05) is 38.1 Å². The highest BCUT2D eigenvalue weighted by Gasteiger charge is 2.46. The summed E-state index contributed by atoms with van der Waals surface area (Å²) < 4.78 is 51.2. The number of rotatable bonds is 5. The number of halogens is 3. The van der Waals surface area contributed by atoms with Gasteiger partial charge in [-0.05, 0) is 42.1 Å². The van der Waals surface area contributed by atoms with Gasteiger partial charge < -0.3 is 10.1 Å². The summed E-state index contributed by atoms with van der Waals surface area (Å²) in [4.78, 5) is 0. The molecule has 2 aromatic heterocycles. The third kappa shape index (κ3) is 4.38. The van der Waals surface area contributed by atoms with Gasteiger partial charge in [-0.2, -0.15) is 23.4 Å². The van der Waals surface area contributed by atoms with E-state index in [0.29, 0.717) is 41.2 Å². The molecule has 1 saturated heterocycles. The zero-order valence-corrected chi connectivity index (χ0v) is 19.8. The topological polar surface area (TPSA) is 72.7 Å². The number of aromatic nitrogens is 5. The number of fused-ring (bicyclic) bond motifs is 1. The normalized spacial score (nSPS) is 22.7. The van der Waals surface area contributed by atoms with Crippen molar-refractivity contribution in [2.45, 2.75) is 69.9 Å². The molecule has 4 heterocycles. The Kier molecular flexibility index (Phi) is 6.01. The lowest BCUT2D eigenvalue weighted by Crippen LogP contribution is -2.35. The molecule has 34 heavy (non-hydrogen) atoms. The van der Waals surface area contributed by atoms with Gasteiger partial charge in [0, 0.05) is 19.1 Å². The van der Waals surface area contributed by atoms with Gasteiger partial charge in [-0.3, -0.25) is 9.67 Å². The molecular weight excluding hydrogens is 465 g/mol. The maximum atomic E-state index is 14.1. The van der Waals surface area contributed by atoms with Crippen LogP contribution in [-0.4, -0.2) is 43.4 Å². The molecule has 0 amide bonds. The van der Waals surface area contributed by atoms with E-state index in [9.17, 15) is 13.2 Å². The lowest BCUT2D eigenvalue weighted by Gasteiger charge is -2.33. The molecule has 2 aliphatic rings. The maximum Gasteiger partial charge on any atom is 0.410 e. The van der Waals surface area contributed by atoms with Crippen molar-refractivity contribution in [2.24, 2.45) is 0 Å². The van der Waals surface area contributed by atoms with Crippen molar-refractivity contribution >= 4 is 18.0 Å². The Labute approximate surface area is 200 Å². The highest BCUT2D eigenvalue weighted by atomic mass is 32.1. The number of H-pyrrole nitrogens is 1. The lowest BCUT2D eigenvalue weighted by molar-refractivity contribution is -0.173. The SMILES string of the molecule is CC(C)c1ccc([C@@H]2C[C@H](C(F)(F)F)n3nc(-c4n[nH]c(=S)n4C[C@@H]4CCCO4)cc3N2)cc1. The number of anilines is 1. The average Bonchev–Trinajstić information content (AvgIpc) is 3.53. The minimum Gasteiger partial charge on any atom is -0.376 e. The summed E-state index contributed by atoms with van der Waals surface area (Å²) in [5, 5.41) is 14.6. The number of alkyl halides is 3. The monoisotopic (exact) mass is 492 g/mol. The smallest absolute Gasteiger partial charge is 0.376 e. The highest BCUT2D eigenvalue weighted by Crippen LogP contribution is 2.44. The second-order valence-electron chi connectivity index (χ2n) is 9.27. The summed E-state index contributed by atoms with van der Waals surface area (Å²) in [6.45, 7) is 5.35. The van der Waals surface area contributed by atoms with E-state index in [1.807, 2.05) is 24.3 Å². The summed E-state index contributed by atoms with van der Waals surface area (Å²) >= 11 is 5.37. The Balaban J connectivity index is 1.49. The Morgan fingerprint density at radius 2 is 2.00 bits per heavy atom. The summed E-state index contributed by atoms with van der Waals surface area (Å²) in [5.74, 6) is 1.06. The molecule has 0 spiro atoms. The number of nitrogens with zero attached hydrogens (tertiary/aromatic N) is 4. The third-order valence-electron chi connectivity index (χ3n) is 6.59. The molecule has 1 fully saturated rings. The number of benzene rings is 1. The highest BCUT2D eigenvalue weighted by molar-refractivity contribution is 7.71. The molecule has 7 nitrogen and oxygen atoms in total. The van der Waals surface area contributed by atoms with E-state index in [-0.39, 0.29) is 12.5 Å². The molecule has 182 valence electrons. The summed E-state index contributed by atoms with van der Waals surface area (Å²) in [5.41, 5.74) is 2.29. The second-order valence-corrected chi connectivity index (χ2v) is 9.66. The molecule has 0 saturated carbocycles. The summed E-state index contributed by atoms with van der Waals surface area (Å²) in [6, 6.07) is 7.14. The van der Waals surface area contributed by atoms with Crippen LogP contribution < -0.4 is 5.32 Å². The zero-order chi connectivity index (χ0) is 24.0. The molecule has 0 bridgehead atoms. The first-order chi connectivity index (χ1) is 16.2. The minimum absolute atomic E-state index is 0.000436. The van der Waals surface area contributed by atoms with Crippen LogP contribution in [0.25, 0.3) is 11.5 Å². The number of aromatic amines is 1. The van der Waals surface area contributed by atoms with Crippen molar-refractivity contribution < 1.29 is 17.9 Å². The van der Waals surface area contributed by atoms with Crippen LogP contribution in [0.4, 0.5) is 19.0 Å². The molecule has 5 rings (SSSR count). The first-order valence-electron chi connectivity index (χ1n) is 11.5. The summed E-state index contributed by atoms with van der Waals surface area (Å²) in [7, 11) is 0. The molecule has 3 aromatic rings. The van der Waals surface area contributed by atoms with Gasteiger partial charge in [-0.25, -0.2) is 4.68 Å². The molecule has 0 radical (unpaired) electrons. The predicted octanol–water partition coefficient (Wildman–Crippen LogP) is 5.77. The van der Waals surface area contributed by atoms with Crippen LogP contribution in [0.15, 0.2) is 30.3 Å². The van der Waals surface area contributed by atoms with E-state index in [0.717, 1.165) is 28.7 Å². The molecule has 3 atom stereocenters.